The largest absolute Gasteiger partial charge is 0.384 e. The molecule has 2 rings (SSSR count). The minimum Gasteiger partial charge on any atom is -0.384 e. The average molecular weight is 248 g/mol. The summed E-state index contributed by atoms with van der Waals surface area (Å²) >= 11 is 0. The number of nitrogen functional groups attached to an aromatic ring is 1. The lowest BCUT2D eigenvalue weighted by Crippen LogP contribution is -2.26. The van der Waals surface area contributed by atoms with Crippen LogP contribution in [0.25, 0.3) is 0 Å². The van der Waals surface area contributed by atoms with Crippen LogP contribution in [0.15, 0.2) is 12.4 Å². The van der Waals surface area contributed by atoms with Crippen LogP contribution in [-0.2, 0) is 0 Å². The van der Waals surface area contributed by atoms with Gasteiger partial charge in [0.15, 0.2) is 0 Å². The van der Waals surface area contributed by atoms with Crippen LogP contribution in [0.2, 0.25) is 0 Å². The van der Waals surface area contributed by atoms with Crippen LogP contribution >= 0.6 is 0 Å². The molecule has 0 bridgehead atoms. The molecule has 1 aliphatic heterocycles. The van der Waals surface area contributed by atoms with E-state index < -0.39 is 0 Å². The molecule has 1 aromatic heterocycles. The molecule has 0 amide bonds. The number of rotatable bonds is 1. The fourth-order valence-electron chi connectivity index (χ4n) is 2.73. The Bertz CT molecular complexity index is 397. The summed E-state index contributed by atoms with van der Waals surface area (Å²) in [7, 11) is 0. The molecule has 18 heavy (non-hydrogen) atoms. The van der Waals surface area contributed by atoms with Crippen molar-refractivity contribution in [1.29, 1.82) is 0 Å². The van der Waals surface area contributed by atoms with E-state index in [-0.39, 0.29) is 0 Å². The van der Waals surface area contributed by atoms with Crippen molar-refractivity contribution >= 4 is 11.6 Å². The molecule has 1 unspecified atom stereocenters. The van der Waals surface area contributed by atoms with Crippen molar-refractivity contribution in [3.05, 3.63) is 12.4 Å². The first-order chi connectivity index (χ1) is 8.47. The molecule has 1 saturated heterocycles. The molecule has 0 saturated carbocycles. The molecular formula is C14H24N4. The summed E-state index contributed by atoms with van der Waals surface area (Å²) in [6.45, 7) is 9.17. The summed E-state index contributed by atoms with van der Waals surface area (Å²) in [6, 6.07) is 1.87. The van der Waals surface area contributed by atoms with Crippen molar-refractivity contribution in [2.24, 2.45) is 11.3 Å². The molecule has 0 aliphatic carbocycles. The van der Waals surface area contributed by atoms with Crippen molar-refractivity contribution in [3.8, 4) is 0 Å². The van der Waals surface area contributed by atoms with E-state index in [1.807, 2.05) is 6.07 Å². The third kappa shape index (κ3) is 3.12. The molecule has 0 spiro atoms. The molecule has 2 N–H and O–H groups in total. The molecule has 1 aliphatic rings. The fraction of sp³-hybridized carbons (Fsp3) is 0.714. The van der Waals surface area contributed by atoms with E-state index in [0.29, 0.717) is 11.2 Å². The van der Waals surface area contributed by atoms with Gasteiger partial charge in [0, 0.05) is 19.2 Å². The Balaban J connectivity index is 2.05. The summed E-state index contributed by atoms with van der Waals surface area (Å²) < 4.78 is 0. The van der Waals surface area contributed by atoms with Crippen LogP contribution in [0, 0.1) is 11.3 Å². The van der Waals surface area contributed by atoms with E-state index in [1.165, 1.54) is 19.3 Å². The predicted octanol–water partition coefficient (Wildman–Crippen LogP) is 2.71. The Labute approximate surface area is 110 Å². The zero-order valence-electron chi connectivity index (χ0n) is 11.7. The SMILES string of the molecule is CC(C)(C)C1CCCN(c2cc(N)ncn2)CC1. The molecule has 1 atom stereocenters. The maximum atomic E-state index is 5.72. The minimum absolute atomic E-state index is 0.403. The Hall–Kier alpha value is -1.32. The highest BCUT2D eigenvalue weighted by Crippen LogP contribution is 2.34. The van der Waals surface area contributed by atoms with Gasteiger partial charge in [-0.05, 0) is 30.6 Å². The zero-order chi connectivity index (χ0) is 13.2. The molecule has 100 valence electrons. The lowest BCUT2D eigenvalue weighted by Gasteiger charge is -2.29. The number of nitrogens with zero attached hydrogens (tertiary/aromatic N) is 3. The highest BCUT2D eigenvalue weighted by atomic mass is 15.2. The summed E-state index contributed by atoms with van der Waals surface area (Å²) in [5, 5.41) is 0. The summed E-state index contributed by atoms with van der Waals surface area (Å²) in [5.74, 6) is 2.32. The molecule has 4 heteroatoms. The van der Waals surface area contributed by atoms with Gasteiger partial charge in [-0.15, -0.1) is 0 Å². The van der Waals surface area contributed by atoms with Gasteiger partial charge in [-0.3, -0.25) is 0 Å². The van der Waals surface area contributed by atoms with Crippen molar-refractivity contribution in [3.63, 3.8) is 0 Å². The number of hydrogen-bond acceptors (Lipinski definition) is 4. The van der Waals surface area contributed by atoms with Gasteiger partial charge >= 0.3 is 0 Å². The van der Waals surface area contributed by atoms with Gasteiger partial charge in [0.25, 0.3) is 0 Å². The van der Waals surface area contributed by atoms with Gasteiger partial charge in [0.05, 0.1) is 0 Å². The quantitative estimate of drug-likeness (QED) is 0.830. The topological polar surface area (TPSA) is 55.0 Å². The molecule has 0 radical (unpaired) electrons. The average Bonchev–Trinajstić information content (AvgIpc) is 2.53. The Morgan fingerprint density at radius 1 is 1.22 bits per heavy atom. The highest BCUT2D eigenvalue weighted by molar-refractivity contribution is 5.45. The van der Waals surface area contributed by atoms with Crippen LogP contribution in [0.3, 0.4) is 0 Å². The standard InChI is InChI=1S/C14H24N4/c1-14(2,3)11-5-4-7-18(8-6-11)13-9-12(15)16-10-17-13/h9-11H,4-8H2,1-3H3,(H2,15,16,17). The van der Waals surface area contributed by atoms with Crippen LogP contribution in [0.4, 0.5) is 11.6 Å². The number of nitrogens with two attached hydrogens (primary N) is 1. The van der Waals surface area contributed by atoms with Gasteiger partial charge in [-0.25, -0.2) is 9.97 Å². The van der Waals surface area contributed by atoms with E-state index >= 15 is 0 Å². The molecule has 4 nitrogen and oxygen atoms in total. The summed E-state index contributed by atoms with van der Waals surface area (Å²) in [6.07, 6.45) is 5.32. The van der Waals surface area contributed by atoms with E-state index in [1.54, 1.807) is 6.33 Å². The van der Waals surface area contributed by atoms with Gasteiger partial charge in [0.1, 0.15) is 18.0 Å². The number of hydrogen-bond donors (Lipinski definition) is 1. The Morgan fingerprint density at radius 2 is 2.00 bits per heavy atom. The summed E-state index contributed by atoms with van der Waals surface area (Å²) in [4.78, 5) is 10.6. The zero-order valence-corrected chi connectivity index (χ0v) is 11.7. The van der Waals surface area contributed by atoms with E-state index in [4.69, 9.17) is 5.73 Å². The predicted molar refractivity (Wildman–Crippen MR) is 75.5 cm³/mol. The number of aromatic nitrogens is 2. The van der Waals surface area contributed by atoms with Crippen molar-refractivity contribution < 1.29 is 0 Å². The Morgan fingerprint density at radius 3 is 2.67 bits per heavy atom. The van der Waals surface area contributed by atoms with Crippen molar-refractivity contribution in [2.45, 2.75) is 40.0 Å². The molecule has 0 aromatic carbocycles. The highest BCUT2D eigenvalue weighted by Gasteiger charge is 2.27. The first-order valence-electron chi connectivity index (χ1n) is 6.79. The third-order valence-corrected chi connectivity index (χ3v) is 3.95. The van der Waals surface area contributed by atoms with Crippen molar-refractivity contribution in [2.75, 3.05) is 23.7 Å². The fourth-order valence-corrected chi connectivity index (χ4v) is 2.73. The minimum atomic E-state index is 0.403. The molecule has 2 heterocycles. The van der Waals surface area contributed by atoms with E-state index in [2.05, 4.69) is 35.6 Å². The van der Waals surface area contributed by atoms with Gasteiger partial charge in [-0.2, -0.15) is 0 Å². The lowest BCUT2D eigenvalue weighted by atomic mass is 9.77. The monoisotopic (exact) mass is 248 g/mol. The normalized spacial score (nSPS) is 21.7. The lowest BCUT2D eigenvalue weighted by molar-refractivity contribution is 0.220. The number of anilines is 2. The maximum Gasteiger partial charge on any atom is 0.134 e. The smallest absolute Gasteiger partial charge is 0.134 e. The summed E-state index contributed by atoms with van der Waals surface area (Å²) in [5.41, 5.74) is 6.13. The van der Waals surface area contributed by atoms with Gasteiger partial charge in [-0.1, -0.05) is 20.8 Å². The molecule has 1 aromatic rings. The van der Waals surface area contributed by atoms with E-state index in [9.17, 15) is 0 Å². The second-order valence-electron chi connectivity index (χ2n) is 6.28. The van der Waals surface area contributed by atoms with Crippen LogP contribution < -0.4 is 10.6 Å². The molecular weight excluding hydrogens is 224 g/mol. The second kappa shape index (κ2) is 5.12. The van der Waals surface area contributed by atoms with Gasteiger partial charge < -0.3 is 10.6 Å². The Kier molecular flexibility index (Phi) is 3.73. The van der Waals surface area contributed by atoms with Crippen LogP contribution in [0.5, 0.6) is 0 Å². The van der Waals surface area contributed by atoms with Crippen LogP contribution in [0.1, 0.15) is 40.0 Å². The molecule has 1 fully saturated rings. The van der Waals surface area contributed by atoms with Crippen LogP contribution in [-0.4, -0.2) is 23.1 Å². The third-order valence-electron chi connectivity index (χ3n) is 3.95. The van der Waals surface area contributed by atoms with Crippen molar-refractivity contribution in [1.82, 2.24) is 9.97 Å². The van der Waals surface area contributed by atoms with Gasteiger partial charge in [0.2, 0.25) is 0 Å². The second-order valence-corrected chi connectivity index (χ2v) is 6.28. The maximum absolute atomic E-state index is 5.72. The first kappa shape index (κ1) is 13.1. The first-order valence-corrected chi connectivity index (χ1v) is 6.79. The van der Waals surface area contributed by atoms with E-state index in [0.717, 1.165) is 24.8 Å².